The fraction of sp³-hybridized carbons (Fsp3) is 0.900. The van der Waals surface area contributed by atoms with Crippen molar-refractivity contribution >= 4 is 6.29 Å². The van der Waals surface area contributed by atoms with Crippen LogP contribution in [0.2, 0.25) is 0 Å². The zero-order valence-corrected chi connectivity index (χ0v) is 8.62. The topological polar surface area (TPSA) is 32.3 Å². The van der Waals surface area contributed by atoms with Crippen LogP contribution in [0.3, 0.4) is 0 Å². The lowest BCUT2D eigenvalue weighted by Gasteiger charge is -2.38. The first-order chi connectivity index (χ1) is 6.25. The number of rotatable bonds is 4. The molecule has 1 N–H and O–H groups in total. The highest BCUT2D eigenvalue weighted by molar-refractivity contribution is 5.49. The summed E-state index contributed by atoms with van der Waals surface area (Å²) in [5, 5.41) is 3.39. The Morgan fingerprint density at radius 1 is 1.62 bits per heavy atom. The van der Waals surface area contributed by atoms with Gasteiger partial charge in [-0.3, -0.25) is 4.90 Å². The Morgan fingerprint density at radius 3 is 3.00 bits per heavy atom. The fourth-order valence-corrected chi connectivity index (χ4v) is 1.92. The first-order valence-electron chi connectivity index (χ1n) is 5.14. The fourth-order valence-electron chi connectivity index (χ4n) is 1.92. The van der Waals surface area contributed by atoms with Gasteiger partial charge in [0.2, 0.25) is 0 Å². The number of carbonyl (C=O) groups is 1. The third kappa shape index (κ3) is 3.08. The van der Waals surface area contributed by atoms with E-state index in [4.69, 9.17) is 0 Å². The van der Waals surface area contributed by atoms with Crippen LogP contribution in [0.25, 0.3) is 0 Å². The molecule has 0 aliphatic carbocycles. The van der Waals surface area contributed by atoms with Crippen molar-refractivity contribution in [2.75, 3.05) is 26.2 Å². The molecule has 1 fully saturated rings. The lowest BCUT2D eigenvalue weighted by Crippen LogP contribution is -2.53. The Bertz CT molecular complexity index is 159. The van der Waals surface area contributed by atoms with Gasteiger partial charge in [-0.2, -0.15) is 0 Å². The highest BCUT2D eigenvalue weighted by atomic mass is 16.1. The van der Waals surface area contributed by atoms with Crippen molar-refractivity contribution in [3.8, 4) is 0 Å². The average molecular weight is 184 g/mol. The van der Waals surface area contributed by atoms with Gasteiger partial charge in [0, 0.05) is 38.6 Å². The molecule has 13 heavy (non-hydrogen) atoms. The van der Waals surface area contributed by atoms with E-state index in [2.05, 4.69) is 24.1 Å². The van der Waals surface area contributed by atoms with Gasteiger partial charge in [-0.1, -0.05) is 13.8 Å². The summed E-state index contributed by atoms with van der Waals surface area (Å²) in [5.74, 6) is 0.666. The Kier molecular flexibility index (Phi) is 4.39. The van der Waals surface area contributed by atoms with Gasteiger partial charge in [-0.25, -0.2) is 0 Å². The van der Waals surface area contributed by atoms with Crippen molar-refractivity contribution in [1.82, 2.24) is 10.2 Å². The van der Waals surface area contributed by atoms with Gasteiger partial charge in [0.15, 0.2) is 0 Å². The molecule has 0 aromatic heterocycles. The molecule has 1 atom stereocenters. The van der Waals surface area contributed by atoms with Gasteiger partial charge in [0.25, 0.3) is 0 Å². The van der Waals surface area contributed by atoms with Crippen LogP contribution in [0.1, 0.15) is 20.3 Å². The summed E-state index contributed by atoms with van der Waals surface area (Å²) in [5.41, 5.74) is 0. The van der Waals surface area contributed by atoms with Crippen LogP contribution >= 0.6 is 0 Å². The van der Waals surface area contributed by atoms with Gasteiger partial charge < -0.3 is 10.1 Å². The summed E-state index contributed by atoms with van der Waals surface area (Å²) in [7, 11) is 0. The summed E-state index contributed by atoms with van der Waals surface area (Å²) >= 11 is 0. The maximum atomic E-state index is 10.3. The third-order valence-electron chi connectivity index (χ3n) is 2.70. The van der Waals surface area contributed by atoms with Crippen molar-refractivity contribution in [2.24, 2.45) is 5.92 Å². The predicted octanol–water partition coefficient (Wildman–Crippen LogP) is 0.505. The van der Waals surface area contributed by atoms with Crippen LogP contribution in [-0.2, 0) is 4.79 Å². The maximum Gasteiger partial charge on any atom is 0.121 e. The SMILES string of the molecule is CC(C)C1CNCCN1CCC=O. The molecule has 1 saturated heterocycles. The molecule has 0 amide bonds. The van der Waals surface area contributed by atoms with Crippen LogP contribution in [-0.4, -0.2) is 43.4 Å². The lowest BCUT2D eigenvalue weighted by molar-refractivity contribution is -0.108. The molecule has 1 rings (SSSR count). The second kappa shape index (κ2) is 5.35. The molecule has 0 radical (unpaired) electrons. The Hall–Kier alpha value is -0.410. The molecule has 1 aliphatic rings. The molecule has 0 aromatic rings. The quantitative estimate of drug-likeness (QED) is 0.646. The van der Waals surface area contributed by atoms with Crippen LogP contribution in [0.5, 0.6) is 0 Å². The monoisotopic (exact) mass is 184 g/mol. The predicted molar refractivity (Wildman–Crippen MR) is 53.7 cm³/mol. The van der Waals surface area contributed by atoms with E-state index in [1.54, 1.807) is 0 Å². The van der Waals surface area contributed by atoms with Gasteiger partial charge in [0.1, 0.15) is 6.29 Å². The Labute approximate surface area is 80.5 Å². The molecule has 0 aromatic carbocycles. The van der Waals surface area contributed by atoms with Crippen molar-refractivity contribution < 1.29 is 4.79 Å². The molecule has 3 nitrogen and oxygen atoms in total. The van der Waals surface area contributed by atoms with E-state index in [-0.39, 0.29) is 0 Å². The highest BCUT2D eigenvalue weighted by Crippen LogP contribution is 2.12. The number of nitrogens with zero attached hydrogens (tertiary/aromatic N) is 1. The molecule has 1 aliphatic heterocycles. The lowest BCUT2D eigenvalue weighted by atomic mass is 10.0. The van der Waals surface area contributed by atoms with Crippen LogP contribution in [0, 0.1) is 5.92 Å². The smallest absolute Gasteiger partial charge is 0.121 e. The molecular formula is C10H20N2O. The van der Waals surface area contributed by atoms with E-state index >= 15 is 0 Å². The first kappa shape index (κ1) is 10.7. The number of aldehydes is 1. The Morgan fingerprint density at radius 2 is 2.38 bits per heavy atom. The normalized spacial score (nSPS) is 25.0. The van der Waals surface area contributed by atoms with E-state index in [0.29, 0.717) is 18.4 Å². The molecule has 0 saturated carbocycles. The van der Waals surface area contributed by atoms with Crippen LogP contribution < -0.4 is 5.32 Å². The number of hydrogen-bond donors (Lipinski definition) is 1. The zero-order valence-electron chi connectivity index (χ0n) is 8.62. The summed E-state index contributed by atoms with van der Waals surface area (Å²) < 4.78 is 0. The van der Waals surface area contributed by atoms with Crippen molar-refractivity contribution in [3.63, 3.8) is 0 Å². The summed E-state index contributed by atoms with van der Waals surface area (Å²) in [6.45, 7) is 8.61. The number of hydrogen-bond acceptors (Lipinski definition) is 3. The van der Waals surface area contributed by atoms with E-state index in [0.717, 1.165) is 32.5 Å². The van der Waals surface area contributed by atoms with E-state index in [1.165, 1.54) is 0 Å². The van der Waals surface area contributed by atoms with E-state index in [9.17, 15) is 4.79 Å². The molecule has 76 valence electrons. The minimum Gasteiger partial charge on any atom is -0.314 e. The molecular weight excluding hydrogens is 164 g/mol. The van der Waals surface area contributed by atoms with E-state index in [1.807, 2.05) is 0 Å². The highest BCUT2D eigenvalue weighted by Gasteiger charge is 2.23. The minimum absolute atomic E-state index is 0.605. The molecule has 1 unspecified atom stereocenters. The van der Waals surface area contributed by atoms with Gasteiger partial charge in [-0.05, 0) is 5.92 Å². The van der Waals surface area contributed by atoms with E-state index < -0.39 is 0 Å². The number of carbonyl (C=O) groups excluding carboxylic acids is 1. The molecule has 0 bridgehead atoms. The second-order valence-electron chi connectivity index (χ2n) is 4.01. The third-order valence-corrected chi connectivity index (χ3v) is 2.70. The zero-order chi connectivity index (χ0) is 9.68. The van der Waals surface area contributed by atoms with Crippen LogP contribution in [0.4, 0.5) is 0 Å². The molecule has 1 heterocycles. The van der Waals surface area contributed by atoms with Gasteiger partial charge in [-0.15, -0.1) is 0 Å². The summed E-state index contributed by atoms with van der Waals surface area (Å²) in [6, 6.07) is 0.605. The largest absolute Gasteiger partial charge is 0.314 e. The maximum absolute atomic E-state index is 10.3. The minimum atomic E-state index is 0.605. The summed E-state index contributed by atoms with van der Waals surface area (Å²) in [6.07, 6.45) is 1.68. The van der Waals surface area contributed by atoms with Gasteiger partial charge in [0.05, 0.1) is 0 Å². The standard InChI is InChI=1S/C10H20N2O/c1-9(2)10-8-11-4-6-12(10)5-3-7-13/h7,9-11H,3-6,8H2,1-2H3. The number of nitrogens with one attached hydrogen (secondary N) is 1. The molecule has 3 heteroatoms. The average Bonchev–Trinajstić information content (AvgIpc) is 2.15. The Balaban J connectivity index is 2.41. The summed E-state index contributed by atoms with van der Waals surface area (Å²) in [4.78, 5) is 12.7. The van der Waals surface area contributed by atoms with Crippen molar-refractivity contribution in [3.05, 3.63) is 0 Å². The second-order valence-corrected chi connectivity index (χ2v) is 4.01. The molecule has 0 spiro atoms. The van der Waals surface area contributed by atoms with Crippen molar-refractivity contribution in [2.45, 2.75) is 26.3 Å². The van der Waals surface area contributed by atoms with Crippen molar-refractivity contribution in [1.29, 1.82) is 0 Å². The first-order valence-corrected chi connectivity index (χ1v) is 5.14. The van der Waals surface area contributed by atoms with Gasteiger partial charge >= 0.3 is 0 Å². The van der Waals surface area contributed by atoms with Crippen LogP contribution in [0.15, 0.2) is 0 Å². The number of piperazine rings is 1.